The van der Waals surface area contributed by atoms with Gasteiger partial charge in [0.1, 0.15) is 6.04 Å². The Morgan fingerprint density at radius 1 is 1.18 bits per heavy atom. The van der Waals surface area contributed by atoms with Crippen molar-refractivity contribution >= 4 is 15.9 Å². The highest BCUT2D eigenvalue weighted by Gasteiger charge is 2.67. The van der Waals surface area contributed by atoms with Crippen molar-refractivity contribution in [3.05, 3.63) is 0 Å². The maximum absolute atomic E-state index is 12.8. The summed E-state index contributed by atoms with van der Waals surface area (Å²) in [6.45, 7) is 1.61. The van der Waals surface area contributed by atoms with Crippen LogP contribution in [0.25, 0.3) is 0 Å². The number of nitriles is 1. The predicted octanol–water partition coefficient (Wildman–Crippen LogP) is 1.22. The molecule has 8 heteroatoms. The number of rotatable bonds is 4. The van der Waals surface area contributed by atoms with E-state index >= 15 is 0 Å². The Morgan fingerprint density at radius 2 is 2.04 bits per heavy atom. The van der Waals surface area contributed by atoms with Crippen LogP contribution in [0, 0.1) is 23.2 Å². The molecule has 28 heavy (non-hydrogen) atoms. The van der Waals surface area contributed by atoms with Crippen LogP contribution in [-0.4, -0.2) is 66.0 Å². The van der Waals surface area contributed by atoms with E-state index < -0.39 is 10.0 Å². The molecule has 6 aliphatic rings. The number of sulfonamides is 1. The van der Waals surface area contributed by atoms with Crippen LogP contribution < -0.4 is 5.32 Å². The zero-order chi connectivity index (χ0) is 19.6. The van der Waals surface area contributed by atoms with Gasteiger partial charge in [0.25, 0.3) is 0 Å². The number of amides is 1. The molecule has 2 heterocycles. The van der Waals surface area contributed by atoms with Gasteiger partial charge in [-0.05, 0) is 63.2 Å². The summed E-state index contributed by atoms with van der Waals surface area (Å²) in [5, 5.41) is 12.9. The molecule has 2 saturated heterocycles. The normalized spacial score (nSPS) is 44.1. The van der Waals surface area contributed by atoms with Gasteiger partial charge < -0.3 is 10.2 Å². The molecule has 6 rings (SSSR count). The molecule has 4 unspecified atom stereocenters. The molecule has 0 aromatic carbocycles. The smallest absolute Gasteiger partial charge is 0.237 e. The average molecular weight is 407 g/mol. The second-order valence-corrected chi connectivity index (χ2v) is 11.6. The molecule has 6 fully saturated rings. The van der Waals surface area contributed by atoms with Crippen molar-refractivity contribution in [2.75, 3.05) is 25.4 Å². The summed E-state index contributed by atoms with van der Waals surface area (Å²) in [4.78, 5) is 14.5. The first-order valence-corrected chi connectivity index (χ1v) is 12.5. The van der Waals surface area contributed by atoms with Gasteiger partial charge >= 0.3 is 0 Å². The third kappa shape index (κ3) is 2.59. The van der Waals surface area contributed by atoms with Crippen LogP contribution in [0.1, 0.15) is 57.8 Å². The van der Waals surface area contributed by atoms with Gasteiger partial charge in [-0.2, -0.15) is 9.57 Å². The third-order valence-electron chi connectivity index (χ3n) is 8.41. The highest BCUT2D eigenvalue weighted by Crippen LogP contribution is 2.64. The molecule has 0 aromatic heterocycles. The van der Waals surface area contributed by atoms with Crippen LogP contribution in [0.2, 0.25) is 0 Å². The number of hydrogen-bond donors (Lipinski definition) is 1. The Morgan fingerprint density at radius 3 is 2.79 bits per heavy atom. The Hall–Kier alpha value is -1.17. The summed E-state index contributed by atoms with van der Waals surface area (Å²) < 4.78 is 27.4. The molecule has 0 radical (unpaired) electrons. The monoisotopic (exact) mass is 406 g/mol. The quantitative estimate of drug-likeness (QED) is 0.758. The lowest BCUT2D eigenvalue weighted by Gasteiger charge is -2.46. The molecule has 1 N–H and O–H groups in total. The van der Waals surface area contributed by atoms with E-state index in [-0.39, 0.29) is 35.3 Å². The third-order valence-corrected chi connectivity index (χ3v) is 10.4. The van der Waals surface area contributed by atoms with Crippen LogP contribution in [0.5, 0.6) is 0 Å². The highest BCUT2D eigenvalue weighted by atomic mass is 32.2. The van der Waals surface area contributed by atoms with Gasteiger partial charge in [-0.3, -0.25) is 4.79 Å². The van der Waals surface area contributed by atoms with Crippen molar-refractivity contribution in [3.63, 3.8) is 0 Å². The number of carbonyl (C=O) groups excluding carboxylic acids is 1. The minimum absolute atomic E-state index is 0.0196. The molecule has 2 aliphatic heterocycles. The predicted molar refractivity (Wildman–Crippen MR) is 104 cm³/mol. The fourth-order valence-corrected chi connectivity index (χ4v) is 9.28. The Balaban J connectivity index is 1.36. The molecule has 5 atom stereocenters. The first-order chi connectivity index (χ1) is 13.4. The minimum Gasteiger partial charge on any atom is -0.326 e. The minimum atomic E-state index is -3.14. The Labute approximate surface area is 167 Å². The van der Waals surface area contributed by atoms with Crippen LogP contribution in [0.4, 0.5) is 0 Å². The molecule has 154 valence electrons. The number of nitrogens with one attached hydrogen (secondary N) is 1. The number of likely N-dealkylation sites (tertiary alicyclic amines) is 1. The lowest BCUT2D eigenvalue weighted by molar-refractivity contribution is -0.130. The summed E-state index contributed by atoms with van der Waals surface area (Å²) in [6.07, 6.45) is 8.49. The Bertz CT molecular complexity index is 824. The molecule has 0 aromatic rings. The molecular formula is C20H30N4O3S. The van der Waals surface area contributed by atoms with E-state index in [4.69, 9.17) is 0 Å². The van der Waals surface area contributed by atoms with Crippen molar-refractivity contribution in [1.29, 1.82) is 5.26 Å². The van der Waals surface area contributed by atoms with E-state index in [0.717, 1.165) is 57.8 Å². The van der Waals surface area contributed by atoms with Crippen LogP contribution >= 0.6 is 0 Å². The van der Waals surface area contributed by atoms with Crippen LogP contribution in [-0.2, 0) is 14.8 Å². The van der Waals surface area contributed by atoms with E-state index in [2.05, 4.69) is 11.4 Å². The summed E-state index contributed by atoms with van der Waals surface area (Å²) in [6, 6.07) is 1.96. The molecule has 0 spiro atoms. The summed E-state index contributed by atoms with van der Waals surface area (Å²) in [5.41, 5.74) is -0.349. The van der Waals surface area contributed by atoms with Gasteiger partial charge in [-0.15, -0.1) is 0 Å². The molecule has 7 nitrogen and oxygen atoms in total. The zero-order valence-corrected chi connectivity index (χ0v) is 17.2. The first kappa shape index (κ1) is 18.8. The van der Waals surface area contributed by atoms with E-state index in [1.807, 2.05) is 4.31 Å². The zero-order valence-electron chi connectivity index (χ0n) is 16.4. The molecule has 4 saturated carbocycles. The van der Waals surface area contributed by atoms with Gasteiger partial charge in [-0.25, -0.2) is 8.42 Å². The van der Waals surface area contributed by atoms with E-state index in [1.54, 1.807) is 4.90 Å². The second-order valence-electron chi connectivity index (χ2n) is 9.63. The lowest BCUT2D eigenvalue weighted by Crippen LogP contribution is -2.58. The number of fused-ring (bicyclic) bond motifs is 2. The van der Waals surface area contributed by atoms with Crippen molar-refractivity contribution < 1.29 is 13.2 Å². The Kier molecular flexibility index (Phi) is 4.31. The maximum atomic E-state index is 12.8. The molecule has 1 amide bonds. The van der Waals surface area contributed by atoms with Gasteiger partial charge in [0, 0.05) is 24.2 Å². The van der Waals surface area contributed by atoms with Crippen molar-refractivity contribution in [1.82, 2.24) is 14.5 Å². The number of nitrogens with zero attached hydrogens (tertiary/aromatic N) is 3. The fraction of sp³-hybridized carbons (Fsp3) is 0.900. The average Bonchev–Trinajstić information content (AvgIpc) is 3.38. The van der Waals surface area contributed by atoms with Crippen LogP contribution in [0.15, 0.2) is 0 Å². The van der Waals surface area contributed by atoms with Crippen molar-refractivity contribution in [2.45, 2.75) is 74.9 Å². The lowest BCUT2D eigenvalue weighted by atomic mass is 9.74. The highest BCUT2D eigenvalue weighted by molar-refractivity contribution is 7.89. The fourth-order valence-electron chi connectivity index (χ4n) is 7.30. The topological polar surface area (TPSA) is 93.5 Å². The SMILES string of the molecule is N#C[C@@H]1CCCN1C(=O)CNC12CC3CC1CCCC3(N1CCCS1(=O)=O)C2. The van der Waals surface area contributed by atoms with Gasteiger partial charge in [-0.1, -0.05) is 6.42 Å². The standard InChI is InChI=1S/C20H30N4O3S/c21-12-17-5-2-7-23(17)18(25)13-22-19-11-16-10-15(19)4-1-6-20(16,14-19)24-8-3-9-28(24,26)27/h15-17,22H,1-11,13-14H2/t15?,16?,17-,19?,20?/m0/s1. The van der Waals surface area contributed by atoms with Gasteiger partial charge in [0.05, 0.1) is 18.4 Å². The molecule has 4 aliphatic carbocycles. The van der Waals surface area contributed by atoms with Crippen molar-refractivity contribution in [2.24, 2.45) is 11.8 Å². The number of carbonyl (C=O) groups is 1. The second kappa shape index (κ2) is 6.41. The summed E-state index contributed by atoms with van der Waals surface area (Å²) in [5.74, 6) is 1.26. The van der Waals surface area contributed by atoms with Crippen LogP contribution in [0.3, 0.4) is 0 Å². The van der Waals surface area contributed by atoms with E-state index in [9.17, 15) is 18.5 Å². The van der Waals surface area contributed by atoms with E-state index in [1.165, 1.54) is 0 Å². The largest absolute Gasteiger partial charge is 0.326 e. The first-order valence-electron chi connectivity index (χ1n) is 10.8. The number of hydrogen-bond acceptors (Lipinski definition) is 5. The molecule has 4 bridgehead atoms. The van der Waals surface area contributed by atoms with Crippen molar-refractivity contribution in [3.8, 4) is 6.07 Å². The van der Waals surface area contributed by atoms with E-state index in [0.29, 0.717) is 24.9 Å². The summed E-state index contributed by atoms with van der Waals surface area (Å²) >= 11 is 0. The van der Waals surface area contributed by atoms with Gasteiger partial charge in [0.2, 0.25) is 15.9 Å². The molecular weight excluding hydrogens is 376 g/mol. The summed E-state index contributed by atoms with van der Waals surface area (Å²) in [7, 11) is -3.14. The van der Waals surface area contributed by atoms with Gasteiger partial charge in [0.15, 0.2) is 0 Å². The maximum Gasteiger partial charge on any atom is 0.237 e.